The van der Waals surface area contributed by atoms with Crippen molar-refractivity contribution in [1.29, 1.82) is 0 Å². The van der Waals surface area contributed by atoms with Crippen LogP contribution < -0.4 is 4.74 Å². The molecular formula is C38H41N3O2. The fourth-order valence-corrected chi connectivity index (χ4v) is 6.63. The van der Waals surface area contributed by atoms with Crippen LogP contribution in [0.1, 0.15) is 94.7 Å². The summed E-state index contributed by atoms with van der Waals surface area (Å²) in [4.78, 5) is 9.64. The molecule has 0 aliphatic carbocycles. The predicted octanol–water partition coefficient (Wildman–Crippen LogP) is 9.50. The Morgan fingerprint density at radius 3 is 2.49 bits per heavy atom. The third-order valence-electron chi connectivity index (χ3n) is 9.24. The lowest BCUT2D eigenvalue weighted by Gasteiger charge is -2.36. The number of aromatic nitrogens is 2. The van der Waals surface area contributed by atoms with Gasteiger partial charge in [-0.15, -0.1) is 0 Å². The Balaban J connectivity index is 1.44. The highest BCUT2D eigenvalue weighted by Gasteiger charge is 2.37. The van der Waals surface area contributed by atoms with E-state index in [1.807, 2.05) is 12.3 Å². The molecule has 5 nitrogen and oxygen atoms in total. The number of fused-ring (bicyclic) bond motifs is 5. The summed E-state index contributed by atoms with van der Waals surface area (Å²) in [6.45, 7) is 20.8. The van der Waals surface area contributed by atoms with Crippen LogP contribution in [0.3, 0.4) is 0 Å². The molecule has 5 aromatic rings. The average molecular weight is 572 g/mol. The highest BCUT2D eigenvalue weighted by atomic mass is 16.5. The van der Waals surface area contributed by atoms with Gasteiger partial charge in [0.15, 0.2) is 0 Å². The topological polar surface area (TPSA) is 48.6 Å². The Morgan fingerprint density at radius 1 is 1.00 bits per heavy atom. The number of benzene rings is 3. The van der Waals surface area contributed by atoms with Gasteiger partial charge in [-0.25, -0.2) is 9.98 Å². The minimum Gasteiger partial charge on any atom is -0.475 e. The largest absolute Gasteiger partial charge is 0.475 e. The SMILES string of the molecule is Cc1cc2c(cc1Oc1cc(C3=N[C@H](C)CO3)cc(C(C)C)c1)-n1c3ncccc3c3cc(C(C)(C)C)cc(c31)C2(C)C. The van der Waals surface area contributed by atoms with E-state index >= 15 is 0 Å². The normalized spacial score (nSPS) is 17.3. The molecule has 2 aliphatic heterocycles. The van der Waals surface area contributed by atoms with Crippen molar-refractivity contribution in [3.63, 3.8) is 0 Å². The summed E-state index contributed by atoms with van der Waals surface area (Å²) in [5.41, 5.74) is 10.4. The Hall–Kier alpha value is -4.12. The van der Waals surface area contributed by atoms with E-state index in [1.54, 1.807) is 0 Å². The molecule has 7 rings (SSSR count). The van der Waals surface area contributed by atoms with Crippen molar-refractivity contribution in [2.45, 2.75) is 85.1 Å². The standard InChI is InChI=1S/C38H41N3O2/c1-21(2)24-14-25(36-40-23(4)20-42-36)16-27(15-24)43-33-19-32-30(13-22(33)3)38(8,9)31-18-26(37(5,6)7)17-29-28-11-10-12-39-35(28)41(32)34(29)31/h10-19,21,23H,20H2,1-9H3/t23-/m1/s1. The van der Waals surface area contributed by atoms with Crippen LogP contribution in [0.2, 0.25) is 0 Å². The first-order valence-corrected chi connectivity index (χ1v) is 15.5. The molecule has 0 N–H and O–H groups in total. The third-order valence-corrected chi connectivity index (χ3v) is 9.24. The maximum atomic E-state index is 6.75. The molecule has 220 valence electrons. The minimum atomic E-state index is -0.206. The molecule has 0 saturated carbocycles. The molecule has 0 spiro atoms. The molecule has 43 heavy (non-hydrogen) atoms. The van der Waals surface area contributed by atoms with Crippen molar-refractivity contribution < 1.29 is 9.47 Å². The molecule has 3 aromatic carbocycles. The van der Waals surface area contributed by atoms with Crippen molar-refractivity contribution in [3.05, 3.63) is 94.2 Å². The van der Waals surface area contributed by atoms with Gasteiger partial charge in [0.2, 0.25) is 5.90 Å². The van der Waals surface area contributed by atoms with E-state index < -0.39 is 0 Å². The zero-order chi connectivity index (χ0) is 30.4. The van der Waals surface area contributed by atoms with Crippen LogP contribution in [0.5, 0.6) is 11.5 Å². The molecule has 2 aliphatic rings. The Kier molecular flexibility index (Phi) is 6.08. The molecular weight excluding hydrogens is 530 g/mol. The van der Waals surface area contributed by atoms with Gasteiger partial charge in [-0.2, -0.15) is 0 Å². The van der Waals surface area contributed by atoms with Crippen LogP contribution in [-0.2, 0) is 15.6 Å². The number of aryl methyl sites for hydroxylation is 1. The fraction of sp³-hybridized carbons (Fsp3) is 0.368. The Bertz CT molecular complexity index is 1970. The molecule has 0 saturated heterocycles. The van der Waals surface area contributed by atoms with Crippen LogP contribution in [-0.4, -0.2) is 28.1 Å². The predicted molar refractivity (Wildman–Crippen MR) is 177 cm³/mol. The monoisotopic (exact) mass is 571 g/mol. The minimum absolute atomic E-state index is 0.0296. The summed E-state index contributed by atoms with van der Waals surface area (Å²) in [6.07, 6.45) is 1.90. The lowest BCUT2D eigenvalue weighted by atomic mass is 9.72. The second-order valence-corrected chi connectivity index (χ2v) is 14.3. The molecule has 1 atom stereocenters. The molecule has 0 unspecified atom stereocenters. The molecule has 0 amide bonds. The van der Waals surface area contributed by atoms with E-state index in [0.717, 1.165) is 34.0 Å². The van der Waals surface area contributed by atoms with Crippen LogP contribution in [0.4, 0.5) is 0 Å². The lowest BCUT2D eigenvalue weighted by molar-refractivity contribution is 0.324. The summed E-state index contributed by atoms with van der Waals surface area (Å²) in [5, 5.41) is 2.44. The molecule has 0 bridgehead atoms. The quantitative estimate of drug-likeness (QED) is 0.216. The Labute approximate surface area is 254 Å². The zero-order valence-corrected chi connectivity index (χ0v) is 26.8. The molecule has 0 radical (unpaired) electrons. The lowest BCUT2D eigenvalue weighted by Crippen LogP contribution is -2.27. The number of ether oxygens (including phenoxy) is 2. The molecule has 4 heterocycles. The second-order valence-electron chi connectivity index (χ2n) is 14.3. The van der Waals surface area contributed by atoms with Crippen molar-refractivity contribution in [1.82, 2.24) is 9.55 Å². The van der Waals surface area contributed by atoms with E-state index in [1.165, 1.54) is 38.5 Å². The second kappa shape index (κ2) is 9.44. The van der Waals surface area contributed by atoms with Gasteiger partial charge in [0.25, 0.3) is 0 Å². The van der Waals surface area contributed by atoms with E-state index in [-0.39, 0.29) is 16.9 Å². The van der Waals surface area contributed by atoms with Crippen LogP contribution >= 0.6 is 0 Å². The third kappa shape index (κ3) is 4.35. The summed E-state index contributed by atoms with van der Waals surface area (Å²) in [6, 6.07) is 20.1. The number of hydrogen-bond acceptors (Lipinski definition) is 4. The smallest absolute Gasteiger partial charge is 0.216 e. The van der Waals surface area contributed by atoms with Gasteiger partial charge in [-0.05, 0) is 95.5 Å². The van der Waals surface area contributed by atoms with E-state index in [9.17, 15) is 0 Å². The van der Waals surface area contributed by atoms with E-state index in [4.69, 9.17) is 19.5 Å². The maximum absolute atomic E-state index is 6.75. The van der Waals surface area contributed by atoms with E-state index in [2.05, 4.69) is 115 Å². The molecule has 0 fully saturated rings. The summed E-state index contributed by atoms with van der Waals surface area (Å²) in [7, 11) is 0. The maximum Gasteiger partial charge on any atom is 0.216 e. The van der Waals surface area contributed by atoms with Gasteiger partial charge in [0, 0.05) is 34.0 Å². The van der Waals surface area contributed by atoms with Gasteiger partial charge < -0.3 is 9.47 Å². The van der Waals surface area contributed by atoms with Crippen molar-refractivity contribution in [2.75, 3.05) is 6.61 Å². The van der Waals surface area contributed by atoms with E-state index in [0.29, 0.717) is 18.4 Å². The van der Waals surface area contributed by atoms with Crippen molar-refractivity contribution in [3.8, 4) is 17.2 Å². The van der Waals surface area contributed by atoms with Crippen LogP contribution in [0.15, 0.2) is 65.8 Å². The average Bonchev–Trinajstić information content (AvgIpc) is 3.53. The van der Waals surface area contributed by atoms with Gasteiger partial charge in [-0.1, -0.05) is 54.5 Å². The first-order valence-electron chi connectivity index (χ1n) is 15.5. The van der Waals surface area contributed by atoms with Gasteiger partial charge >= 0.3 is 0 Å². The summed E-state index contributed by atoms with van der Waals surface area (Å²) < 4.78 is 15.0. The number of nitrogens with zero attached hydrogens (tertiary/aromatic N) is 3. The van der Waals surface area contributed by atoms with Crippen LogP contribution in [0.25, 0.3) is 27.6 Å². The summed E-state index contributed by atoms with van der Waals surface area (Å²) >= 11 is 0. The Morgan fingerprint density at radius 2 is 1.79 bits per heavy atom. The highest BCUT2D eigenvalue weighted by molar-refractivity contribution is 6.10. The van der Waals surface area contributed by atoms with Crippen molar-refractivity contribution >= 4 is 27.8 Å². The van der Waals surface area contributed by atoms with Crippen LogP contribution in [0, 0.1) is 6.92 Å². The number of pyridine rings is 1. The zero-order valence-electron chi connectivity index (χ0n) is 26.8. The number of hydrogen-bond donors (Lipinski definition) is 0. The fourth-order valence-electron chi connectivity index (χ4n) is 6.63. The first kappa shape index (κ1) is 27.7. The molecule has 2 aromatic heterocycles. The molecule has 5 heteroatoms. The van der Waals surface area contributed by atoms with Gasteiger partial charge in [0.1, 0.15) is 23.8 Å². The number of rotatable bonds is 4. The first-order chi connectivity index (χ1) is 20.3. The van der Waals surface area contributed by atoms with Crippen molar-refractivity contribution in [2.24, 2.45) is 4.99 Å². The highest BCUT2D eigenvalue weighted by Crippen LogP contribution is 2.50. The van der Waals surface area contributed by atoms with Gasteiger partial charge in [0.05, 0.1) is 17.2 Å². The summed E-state index contributed by atoms with van der Waals surface area (Å²) in [5.74, 6) is 2.67. The van der Waals surface area contributed by atoms with Gasteiger partial charge in [-0.3, -0.25) is 4.57 Å². The number of aliphatic imine (C=N–C) groups is 1.